The van der Waals surface area contributed by atoms with Crippen molar-refractivity contribution < 1.29 is 8.42 Å². The summed E-state index contributed by atoms with van der Waals surface area (Å²) in [6, 6.07) is 7.80. The Hall–Kier alpha value is -0.870. The van der Waals surface area contributed by atoms with Gasteiger partial charge in [-0.2, -0.15) is 0 Å². The standard InChI is InChI=1S/C14H21NO2S/c1-13(2,18(3,16)17)12-6-4-11(5-7-12)10-14(15)8-9-14/h4-7H,8-10,15H2,1-3H3. The Morgan fingerprint density at radius 1 is 1.22 bits per heavy atom. The minimum atomic E-state index is -3.12. The van der Waals surface area contributed by atoms with E-state index in [1.165, 1.54) is 11.8 Å². The summed E-state index contributed by atoms with van der Waals surface area (Å²) in [6.45, 7) is 3.48. The van der Waals surface area contributed by atoms with Crippen molar-refractivity contribution in [3.8, 4) is 0 Å². The maximum absolute atomic E-state index is 11.8. The maximum atomic E-state index is 11.8. The zero-order valence-corrected chi connectivity index (χ0v) is 12.0. The molecule has 1 aliphatic rings. The van der Waals surface area contributed by atoms with Crippen molar-refractivity contribution in [1.82, 2.24) is 0 Å². The molecule has 3 nitrogen and oxygen atoms in total. The van der Waals surface area contributed by atoms with Gasteiger partial charge in [0, 0.05) is 11.8 Å². The van der Waals surface area contributed by atoms with E-state index in [4.69, 9.17) is 5.73 Å². The topological polar surface area (TPSA) is 60.2 Å². The van der Waals surface area contributed by atoms with Gasteiger partial charge in [0.1, 0.15) is 0 Å². The Bertz CT molecular complexity index is 540. The molecule has 1 aromatic rings. The van der Waals surface area contributed by atoms with Crippen molar-refractivity contribution in [3.05, 3.63) is 35.4 Å². The molecule has 2 N–H and O–H groups in total. The molecule has 0 aromatic heterocycles. The highest BCUT2D eigenvalue weighted by molar-refractivity contribution is 7.91. The van der Waals surface area contributed by atoms with E-state index in [2.05, 4.69) is 0 Å². The van der Waals surface area contributed by atoms with E-state index < -0.39 is 14.6 Å². The van der Waals surface area contributed by atoms with E-state index in [0.29, 0.717) is 0 Å². The van der Waals surface area contributed by atoms with Gasteiger partial charge in [-0.25, -0.2) is 8.42 Å². The molecule has 0 heterocycles. The van der Waals surface area contributed by atoms with Crippen LogP contribution < -0.4 is 5.73 Å². The maximum Gasteiger partial charge on any atom is 0.156 e. The summed E-state index contributed by atoms with van der Waals surface area (Å²) < 4.78 is 22.7. The van der Waals surface area contributed by atoms with Gasteiger partial charge >= 0.3 is 0 Å². The van der Waals surface area contributed by atoms with Crippen LogP contribution in [0.5, 0.6) is 0 Å². The second-order valence-electron chi connectivity index (χ2n) is 6.02. The molecule has 0 atom stereocenters. The van der Waals surface area contributed by atoms with Crippen molar-refractivity contribution >= 4 is 9.84 Å². The minimum absolute atomic E-state index is 0.00608. The van der Waals surface area contributed by atoms with Crippen LogP contribution >= 0.6 is 0 Å². The van der Waals surface area contributed by atoms with Crippen LogP contribution in [-0.2, 0) is 21.0 Å². The summed E-state index contributed by atoms with van der Waals surface area (Å²) in [7, 11) is -3.12. The van der Waals surface area contributed by atoms with Crippen LogP contribution in [0.15, 0.2) is 24.3 Å². The third-order valence-corrected chi connectivity index (χ3v) is 6.11. The number of sulfone groups is 1. The summed E-state index contributed by atoms with van der Waals surface area (Å²) in [5.74, 6) is 0. The predicted octanol–water partition coefficient (Wildman–Crippen LogP) is 2.00. The van der Waals surface area contributed by atoms with Crippen LogP contribution in [0, 0.1) is 0 Å². The summed E-state index contributed by atoms with van der Waals surface area (Å²) in [5.41, 5.74) is 8.08. The average molecular weight is 267 g/mol. The fourth-order valence-electron chi connectivity index (χ4n) is 1.98. The lowest BCUT2D eigenvalue weighted by atomic mass is 9.98. The van der Waals surface area contributed by atoms with Gasteiger partial charge in [-0.15, -0.1) is 0 Å². The normalized spacial score (nSPS) is 18.7. The first-order chi connectivity index (χ1) is 8.14. The second kappa shape index (κ2) is 4.07. The molecular formula is C14H21NO2S. The Morgan fingerprint density at radius 3 is 2.11 bits per heavy atom. The molecule has 0 unspecified atom stereocenters. The molecule has 1 aliphatic carbocycles. The van der Waals surface area contributed by atoms with Crippen LogP contribution in [0.25, 0.3) is 0 Å². The zero-order chi connectivity index (χ0) is 13.6. The molecule has 0 radical (unpaired) electrons. The van der Waals surface area contributed by atoms with E-state index in [-0.39, 0.29) is 5.54 Å². The summed E-state index contributed by atoms with van der Waals surface area (Å²) >= 11 is 0. The Morgan fingerprint density at radius 2 is 1.72 bits per heavy atom. The molecule has 0 amide bonds. The fourth-order valence-corrected chi connectivity index (χ4v) is 2.55. The number of hydrogen-bond acceptors (Lipinski definition) is 3. The lowest BCUT2D eigenvalue weighted by molar-refractivity contribution is 0.561. The van der Waals surface area contributed by atoms with Gasteiger partial charge in [-0.05, 0) is 44.2 Å². The smallest absolute Gasteiger partial charge is 0.156 e. The van der Waals surface area contributed by atoms with Crippen LogP contribution in [0.3, 0.4) is 0 Å². The highest BCUT2D eigenvalue weighted by Gasteiger charge is 2.38. The molecule has 1 aromatic carbocycles. The molecule has 0 saturated heterocycles. The summed E-state index contributed by atoms with van der Waals surface area (Å²) in [4.78, 5) is 0. The van der Waals surface area contributed by atoms with Crippen LogP contribution in [-0.4, -0.2) is 20.2 Å². The molecule has 2 rings (SSSR count). The summed E-state index contributed by atoms with van der Waals surface area (Å²) in [5, 5.41) is 0. The van der Waals surface area contributed by atoms with Gasteiger partial charge in [-0.3, -0.25) is 0 Å². The molecular weight excluding hydrogens is 246 g/mol. The molecule has 18 heavy (non-hydrogen) atoms. The molecule has 4 heteroatoms. The van der Waals surface area contributed by atoms with Crippen molar-refractivity contribution in [2.45, 2.75) is 43.4 Å². The van der Waals surface area contributed by atoms with Crippen molar-refractivity contribution in [3.63, 3.8) is 0 Å². The van der Waals surface area contributed by atoms with Crippen molar-refractivity contribution in [2.75, 3.05) is 6.26 Å². The van der Waals surface area contributed by atoms with Crippen molar-refractivity contribution in [1.29, 1.82) is 0 Å². The zero-order valence-electron chi connectivity index (χ0n) is 11.2. The lowest BCUT2D eigenvalue weighted by Gasteiger charge is -2.23. The van der Waals surface area contributed by atoms with E-state index in [1.54, 1.807) is 13.8 Å². The average Bonchev–Trinajstić information content (AvgIpc) is 2.95. The van der Waals surface area contributed by atoms with Crippen LogP contribution in [0.2, 0.25) is 0 Å². The van der Waals surface area contributed by atoms with E-state index >= 15 is 0 Å². The number of nitrogens with two attached hydrogens (primary N) is 1. The fraction of sp³-hybridized carbons (Fsp3) is 0.571. The Balaban J connectivity index is 2.22. The van der Waals surface area contributed by atoms with E-state index in [9.17, 15) is 8.42 Å². The Labute approximate surface area is 109 Å². The minimum Gasteiger partial charge on any atom is -0.325 e. The first-order valence-electron chi connectivity index (χ1n) is 6.22. The van der Waals surface area contributed by atoms with Gasteiger partial charge in [-0.1, -0.05) is 24.3 Å². The highest BCUT2D eigenvalue weighted by Crippen LogP contribution is 2.36. The molecule has 1 fully saturated rings. The van der Waals surface area contributed by atoms with Gasteiger partial charge in [0.15, 0.2) is 9.84 Å². The van der Waals surface area contributed by atoms with E-state index in [1.807, 2.05) is 24.3 Å². The molecule has 100 valence electrons. The van der Waals surface area contributed by atoms with Crippen LogP contribution in [0.1, 0.15) is 37.8 Å². The van der Waals surface area contributed by atoms with Crippen LogP contribution in [0.4, 0.5) is 0 Å². The van der Waals surface area contributed by atoms with Gasteiger partial charge in [0.05, 0.1) is 4.75 Å². The molecule has 1 saturated carbocycles. The molecule has 0 bridgehead atoms. The SMILES string of the molecule is CC(C)(c1ccc(CC2(N)CC2)cc1)S(C)(=O)=O. The van der Waals surface area contributed by atoms with Crippen molar-refractivity contribution in [2.24, 2.45) is 5.73 Å². The predicted molar refractivity (Wildman–Crippen MR) is 74.2 cm³/mol. The quantitative estimate of drug-likeness (QED) is 0.907. The molecule has 0 spiro atoms. The van der Waals surface area contributed by atoms with Gasteiger partial charge < -0.3 is 5.73 Å². The molecule has 0 aliphatic heterocycles. The first-order valence-corrected chi connectivity index (χ1v) is 8.11. The number of benzene rings is 1. The number of hydrogen-bond donors (Lipinski definition) is 1. The van der Waals surface area contributed by atoms with Gasteiger partial charge in [0.2, 0.25) is 0 Å². The highest BCUT2D eigenvalue weighted by atomic mass is 32.2. The monoisotopic (exact) mass is 267 g/mol. The van der Waals surface area contributed by atoms with E-state index in [0.717, 1.165) is 24.8 Å². The first kappa shape index (κ1) is 13.6. The summed E-state index contributed by atoms with van der Waals surface area (Å²) in [6.07, 6.45) is 4.33. The third-order valence-electron chi connectivity index (χ3n) is 4.02. The Kier molecular flexibility index (Phi) is 3.06. The second-order valence-corrected chi connectivity index (χ2v) is 8.58. The van der Waals surface area contributed by atoms with Gasteiger partial charge in [0.25, 0.3) is 0 Å². The third kappa shape index (κ3) is 2.59. The number of rotatable bonds is 4. The lowest BCUT2D eigenvalue weighted by Crippen LogP contribution is -2.28. The largest absolute Gasteiger partial charge is 0.325 e.